The number of carbonyl (C=O) groups is 2. The number of carboxylic acids is 1. The summed E-state index contributed by atoms with van der Waals surface area (Å²) in [6.45, 7) is 1.70. The third-order valence-electron chi connectivity index (χ3n) is 6.10. The van der Waals surface area contributed by atoms with Gasteiger partial charge in [0.1, 0.15) is 24.1 Å². The molecule has 3 aromatic carbocycles. The van der Waals surface area contributed by atoms with Gasteiger partial charge >= 0.3 is 5.97 Å². The average molecular weight is 528 g/mol. The zero-order chi connectivity index (χ0) is 25.8. The monoisotopic (exact) mass is 527 g/mol. The molecule has 1 aliphatic rings. The van der Waals surface area contributed by atoms with Gasteiger partial charge < -0.3 is 14.7 Å². The predicted molar refractivity (Wildman–Crippen MR) is 136 cm³/mol. The summed E-state index contributed by atoms with van der Waals surface area (Å²) in [4.78, 5) is 27.6. The van der Waals surface area contributed by atoms with Gasteiger partial charge in [0, 0.05) is 16.5 Å². The number of hydrogen-bond donors (Lipinski definition) is 1. The molecule has 1 heterocycles. The molecule has 0 aliphatic carbocycles. The van der Waals surface area contributed by atoms with Gasteiger partial charge in [0.05, 0.1) is 6.04 Å². The lowest BCUT2D eigenvalue weighted by Gasteiger charge is -2.46. The summed E-state index contributed by atoms with van der Waals surface area (Å²) in [6.07, 6.45) is 1.52. The summed E-state index contributed by atoms with van der Waals surface area (Å²) < 4.78 is 19.9. The number of carbonyl (C=O) groups excluding carboxylic acids is 1. The molecular weight excluding hydrogens is 504 g/mol. The lowest BCUT2D eigenvalue weighted by Crippen LogP contribution is -2.56. The van der Waals surface area contributed by atoms with Crippen molar-refractivity contribution in [3.63, 3.8) is 0 Å². The quantitative estimate of drug-likeness (QED) is 0.360. The highest BCUT2D eigenvalue weighted by Gasteiger charge is 2.48. The standard InChI is InChI=1S/C28H24Cl2FNO4/c1-2-3-23(28(34)35)32-25(18-6-10-20(29)11-7-18)26(19-8-12-21(30)13-9-19)36-24(27(32)33)16-17-4-14-22(31)15-5-17/h2-15,23-26H,16H2,1H3,(H,34,35)/b3-2+. The third-order valence-corrected chi connectivity index (χ3v) is 6.60. The van der Waals surface area contributed by atoms with Crippen LogP contribution in [0.15, 0.2) is 84.9 Å². The Morgan fingerprint density at radius 1 is 1.00 bits per heavy atom. The van der Waals surface area contributed by atoms with Gasteiger partial charge in [0.25, 0.3) is 5.91 Å². The van der Waals surface area contributed by atoms with Crippen LogP contribution in [0, 0.1) is 5.82 Å². The first-order valence-electron chi connectivity index (χ1n) is 11.4. The van der Waals surface area contributed by atoms with Crippen LogP contribution in [0.25, 0.3) is 0 Å². The molecule has 4 rings (SSSR count). The Morgan fingerprint density at radius 2 is 1.56 bits per heavy atom. The van der Waals surface area contributed by atoms with Crippen LogP contribution in [-0.2, 0) is 20.7 Å². The Hall–Kier alpha value is -3.19. The zero-order valence-corrected chi connectivity index (χ0v) is 20.9. The second kappa shape index (κ2) is 11.2. The predicted octanol–water partition coefficient (Wildman–Crippen LogP) is 6.41. The van der Waals surface area contributed by atoms with E-state index in [9.17, 15) is 19.1 Å². The number of benzene rings is 3. The van der Waals surface area contributed by atoms with Crippen molar-refractivity contribution in [1.29, 1.82) is 0 Å². The van der Waals surface area contributed by atoms with E-state index in [-0.39, 0.29) is 6.42 Å². The first-order chi connectivity index (χ1) is 17.3. The van der Waals surface area contributed by atoms with Gasteiger partial charge in [-0.05, 0) is 60.0 Å². The van der Waals surface area contributed by atoms with Crippen molar-refractivity contribution in [1.82, 2.24) is 4.90 Å². The largest absolute Gasteiger partial charge is 0.479 e. The van der Waals surface area contributed by atoms with Crippen LogP contribution in [0.3, 0.4) is 0 Å². The van der Waals surface area contributed by atoms with Crippen molar-refractivity contribution in [2.45, 2.75) is 37.6 Å². The van der Waals surface area contributed by atoms with Crippen LogP contribution in [0.5, 0.6) is 0 Å². The van der Waals surface area contributed by atoms with Crippen molar-refractivity contribution in [3.05, 3.63) is 118 Å². The van der Waals surface area contributed by atoms with Gasteiger partial charge in [0.2, 0.25) is 0 Å². The molecule has 0 spiro atoms. The van der Waals surface area contributed by atoms with E-state index in [1.165, 1.54) is 23.1 Å². The van der Waals surface area contributed by atoms with Crippen molar-refractivity contribution in [3.8, 4) is 0 Å². The minimum absolute atomic E-state index is 0.148. The molecule has 0 radical (unpaired) electrons. The summed E-state index contributed by atoms with van der Waals surface area (Å²) in [5.74, 6) is -2.04. The van der Waals surface area contributed by atoms with Crippen molar-refractivity contribution < 1.29 is 23.8 Å². The first kappa shape index (κ1) is 25.9. The van der Waals surface area contributed by atoms with E-state index in [0.717, 1.165) is 5.56 Å². The number of rotatable bonds is 7. The minimum Gasteiger partial charge on any atom is -0.479 e. The number of hydrogen-bond acceptors (Lipinski definition) is 3. The van der Waals surface area contributed by atoms with Gasteiger partial charge in [0.15, 0.2) is 0 Å². The van der Waals surface area contributed by atoms with Crippen LogP contribution in [0.1, 0.15) is 35.8 Å². The molecule has 1 fully saturated rings. The van der Waals surface area contributed by atoms with E-state index in [2.05, 4.69) is 0 Å². The molecule has 1 saturated heterocycles. The maximum Gasteiger partial charge on any atom is 0.330 e. The number of nitrogens with zero attached hydrogens (tertiary/aromatic N) is 1. The number of halogens is 3. The van der Waals surface area contributed by atoms with Crippen LogP contribution in [-0.4, -0.2) is 34.0 Å². The lowest BCUT2D eigenvalue weighted by molar-refractivity contribution is -0.181. The fourth-order valence-corrected chi connectivity index (χ4v) is 4.68. The summed E-state index contributed by atoms with van der Waals surface area (Å²) in [6, 6.07) is 17.7. The highest BCUT2D eigenvalue weighted by molar-refractivity contribution is 6.30. The summed E-state index contributed by atoms with van der Waals surface area (Å²) in [7, 11) is 0. The normalized spacial score (nSPS) is 21.1. The minimum atomic E-state index is -1.24. The van der Waals surface area contributed by atoms with E-state index in [4.69, 9.17) is 27.9 Å². The lowest BCUT2D eigenvalue weighted by atomic mass is 9.89. The second-order valence-corrected chi connectivity index (χ2v) is 9.35. The Morgan fingerprint density at radius 3 is 2.08 bits per heavy atom. The van der Waals surface area contributed by atoms with Crippen molar-refractivity contribution >= 4 is 35.1 Å². The number of amides is 1. The Labute approximate surface area is 218 Å². The smallest absolute Gasteiger partial charge is 0.330 e. The highest BCUT2D eigenvalue weighted by Crippen LogP contribution is 2.44. The summed E-state index contributed by atoms with van der Waals surface area (Å²) >= 11 is 12.2. The van der Waals surface area contributed by atoms with Crippen LogP contribution < -0.4 is 0 Å². The topological polar surface area (TPSA) is 66.8 Å². The number of allylic oxidation sites excluding steroid dienone is 1. The molecule has 4 atom stereocenters. The maximum atomic E-state index is 13.9. The van der Waals surface area contributed by atoms with E-state index in [0.29, 0.717) is 21.2 Å². The van der Waals surface area contributed by atoms with Gasteiger partial charge in [-0.1, -0.05) is 71.8 Å². The number of aliphatic carboxylic acids is 1. The number of morpholine rings is 1. The number of ether oxygens (including phenoxy) is 1. The van der Waals surface area contributed by atoms with Crippen LogP contribution >= 0.6 is 23.2 Å². The third kappa shape index (κ3) is 5.62. The average Bonchev–Trinajstić information content (AvgIpc) is 2.86. The van der Waals surface area contributed by atoms with Gasteiger partial charge in [-0.25, -0.2) is 9.18 Å². The Bertz CT molecular complexity index is 1250. The van der Waals surface area contributed by atoms with Gasteiger partial charge in [-0.3, -0.25) is 4.79 Å². The van der Waals surface area contributed by atoms with E-state index in [1.807, 2.05) is 0 Å². The van der Waals surface area contributed by atoms with E-state index >= 15 is 0 Å². The molecule has 186 valence electrons. The summed E-state index contributed by atoms with van der Waals surface area (Å²) in [5, 5.41) is 11.2. The SMILES string of the molecule is C/C=C/C(C(=O)O)N1C(=O)C(Cc2ccc(F)cc2)OC(c2ccc(Cl)cc2)C1c1ccc(Cl)cc1. The van der Waals surface area contributed by atoms with Gasteiger partial charge in [-0.15, -0.1) is 0 Å². The van der Waals surface area contributed by atoms with Crippen molar-refractivity contribution in [2.75, 3.05) is 0 Å². The highest BCUT2D eigenvalue weighted by atomic mass is 35.5. The fraction of sp³-hybridized carbons (Fsp3) is 0.214. The second-order valence-electron chi connectivity index (χ2n) is 8.48. The summed E-state index contributed by atoms with van der Waals surface area (Å²) in [5.41, 5.74) is 2.08. The molecule has 0 saturated carbocycles. The van der Waals surface area contributed by atoms with Gasteiger partial charge in [-0.2, -0.15) is 0 Å². The molecule has 3 aromatic rings. The Balaban J connectivity index is 1.86. The molecule has 8 heteroatoms. The molecule has 4 unspecified atom stereocenters. The number of carboxylic acid groups (broad SMARTS) is 1. The molecule has 0 bridgehead atoms. The van der Waals surface area contributed by atoms with Crippen molar-refractivity contribution in [2.24, 2.45) is 0 Å². The molecule has 1 amide bonds. The van der Waals surface area contributed by atoms with Crippen LogP contribution in [0.4, 0.5) is 4.39 Å². The zero-order valence-electron chi connectivity index (χ0n) is 19.4. The molecular formula is C28H24Cl2FNO4. The first-order valence-corrected chi connectivity index (χ1v) is 12.1. The fourth-order valence-electron chi connectivity index (χ4n) is 4.42. The Kier molecular flexibility index (Phi) is 8.09. The maximum absolute atomic E-state index is 13.9. The molecule has 5 nitrogen and oxygen atoms in total. The molecule has 1 N–H and O–H groups in total. The molecule has 1 aliphatic heterocycles. The van der Waals surface area contributed by atoms with E-state index in [1.54, 1.807) is 73.7 Å². The van der Waals surface area contributed by atoms with Crippen LogP contribution in [0.2, 0.25) is 10.0 Å². The van der Waals surface area contributed by atoms with E-state index < -0.39 is 42.0 Å². The molecule has 0 aromatic heterocycles. The molecule has 36 heavy (non-hydrogen) atoms.